The highest BCUT2D eigenvalue weighted by molar-refractivity contribution is 7.99. The molecule has 14 heteroatoms. The Labute approximate surface area is 302 Å². The van der Waals surface area contributed by atoms with Crippen molar-refractivity contribution in [2.45, 2.75) is 28.8 Å². The number of nitro benzene ring substituents is 1. The van der Waals surface area contributed by atoms with Crippen LogP contribution >= 0.6 is 23.4 Å². The second kappa shape index (κ2) is 17.2. The molecule has 0 bridgehead atoms. The van der Waals surface area contributed by atoms with Gasteiger partial charge in [-0.25, -0.2) is 13.1 Å². The standard InChI is InChI=1S/C36H41ClN6O5S2/c1-40(2)18-17-30(26-49-32-9-4-3-5-10-32)38-34-16-15-33(24-35(34)43(45)46)50(47,48)39-36(44)28-11-13-31(14-12-28)42-21-19-41(20-22-42)25-27-7-6-8-29(37)23-27/h3-16,23-24,30,38H,17-22,25-26H2,1-2H3,(H,39,44). The van der Waals surface area contributed by atoms with Crippen molar-refractivity contribution in [2.24, 2.45) is 0 Å². The Morgan fingerprint density at radius 3 is 2.34 bits per heavy atom. The first-order valence-corrected chi connectivity index (χ1v) is 19.1. The number of thioether (sulfide) groups is 1. The lowest BCUT2D eigenvalue weighted by molar-refractivity contribution is -0.384. The Morgan fingerprint density at radius 1 is 0.960 bits per heavy atom. The number of nitrogens with one attached hydrogen (secondary N) is 2. The zero-order valence-corrected chi connectivity index (χ0v) is 30.4. The number of hydrogen-bond acceptors (Lipinski definition) is 10. The Hall–Kier alpha value is -4.14. The summed E-state index contributed by atoms with van der Waals surface area (Å²) in [6.45, 7) is 4.88. The molecule has 1 heterocycles. The van der Waals surface area contributed by atoms with Crippen LogP contribution in [0.5, 0.6) is 0 Å². The Bertz CT molecular complexity index is 1870. The molecule has 0 aromatic heterocycles. The van der Waals surface area contributed by atoms with E-state index in [0.717, 1.165) is 66.5 Å². The quantitative estimate of drug-likeness (QED) is 0.0826. The number of benzene rings is 4. The van der Waals surface area contributed by atoms with Gasteiger partial charge in [0.2, 0.25) is 0 Å². The molecule has 0 saturated carbocycles. The van der Waals surface area contributed by atoms with Crippen molar-refractivity contribution >= 4 is 56.4 Å². The van der Waals surface area contributed by atoms with Crippen LogP contribution in [0.2, 0.25) is 5.02 Å². The van der Waals surface area contributed by atoms with Gasteiger partial charge < -0.3 is 15.1 Å². The van der Waals surface area contributed by atoms with Crippen LogP contribution in [0.25, 0.3) is 0 Å². The monoisotopic (exact) mass is 736 g/mol. The molecule has 5 rings (SSSR count). The van der Waals surface area contributed by atoms with E-state index in [9.17, 15) is 23.3 Å². The molecular formula is C36H41ClN6O5S2. The third-order valence-corrected chi connectivity index (χ3v) is 11.1. The summed E-state index contributed by atoms with van der Waals surface area (Å²) in [6.07, 6.45) is 0.707. The molecule has 1 saturated heterocycles. The van der Waals surface area contributed by atoms with Crippen LogP contribution in [0, 0.1) is 10.1 Å². The first kappa shape index (κ1) is 37.1. The van der Waals surface area contributed by atoms with Crippen molar-refractivity contribution < 1.29 is 18.1 Å². The van der Waals surface area contributed by atoms with E-state index in [4.69, 9.17) is 11.6 Å². The molecule has 11 nitrogen and oxygen atoms in total. The minimum Gasteiger partial charge on any atom is -0.376 e. The van der Waals surface area contributed by atoms with Crippen LogP contribution in [0.15, 0.2) is 107 Å². The van der Waals surface area contributed by atoms with Gasteiger partial charge >= 0.3 is 0 Å². The van der Waals surface area contributed by atoms with E-state index < -0.39 is 26.5 Å². The van der Waals surface area contributed by atoms with E-state index in [1.165, 1.54) is 12.1 Å². The number of rotatable bonds is 15. The van der Waals surface area contributed by atoms with Gasteiger partial charge in [0.25, 0.3) is 21.6 Å². The SMILES string of the molecule is CN(C)CCC(CSc1ccccc1)Nc1ccc(S(=O)(=O)NC(=O)c2ccc(N3CCN(Cc4cccc(Cl)c4)CC3)cc2)cc1[N+](=O)[O-]. The second-order valence-electron chi connectivity index (χ2n) is 12.4. The lowest BCUT2D eigenvalue weighted by atomic mass is 10.1. The molecule has 4 aromatic rings. The molecular weight excluding hydrogens is 696 g/mol. The van der Waals surface area contributed by atoms with Crippen molar-refractivity contribution in [3.8, 4) is 0 Å². The fourth-order valence-corrected chi connectivity index (χ4v) is 7.82. The topological polar surface area (TPSA) is 128 Å². The van der Waals surface area contributed by atoms with Gasteiger partial charge in [-0.05, 0) is 93.3 Å². The van der Waals surface area contributed by atoms with Gasteiger partial charge in [0.1, 0.15) is 5.69 Å². The molecule has 1 aliphatic rings. The maximum absolute atomic E-state index is 13.3. The number of sulfonamides is 1. The van der Waals surface area contributed by atoms with E-state index in [1.807, 2.05) is 67.5 Å². The number of nitrogens with zero attached hydrogens (tertiary/aromatic N) is 4. The third kappa shape index (κ3) is 10.4. The maximum Gasteiger partial charge on any atom is 0.293 e. The van der Waals surface area contributed by atoms with Crippen LogP contribution in [0.1, 0.15) is 22.3 Å². The predicted octanol–water partition coefficient (Wildman–Crippen LogP) is 6.21. The van der Waals surface area contributed by atoms with Gasteiger partial charge in [-0.15, -0.1) is 11.8 Å². The lowest BCUT2D eigenvalue weighted by Crippen LogP contribution is -2.46. The van der Waals surface area contributed by atoms with Crippen LogP contribution in [-0.4, -0.2) is 87.7 Å². The summed E-state index contributed by atoms with van der Waals surface area (Å²) in [5.74, 6) is -0.182. The highest BCUT2D eigenvalue weighted by atomic mass is 35.5. The fraction of sp³-hybridized carbons (Fsp3) is 0.306. The van der Waals surface area contributed by atoms with Gasteiger partial charge in [0.15, 0.2) is 0 Å². The molecule has 2 N–H and O–H groups in total. The van der Waals surface area contributed by atoms with Crippen molar-refractivity contribution in [2.75, 3.05) is 62.8 Å². The average Bonchev–Trinajstić information content (AvgIpc) is 3.10. The summed E-state index contributed by atoms with van der Waals surface area (Å²) in [7, 11) is -0.494. The van der Waals surface area contributed by atoms with E-state index in [1.54, 1.807) is 36.0 Å². The Morgan fingerprint density at radius 2 is 1.68 bits per heavy atom. The number of hydrogen-bond donors (Lipinski definition) is 2. The Balaban J connectivity index is 1.21. The summed E-state index contributed by atoms with van der Waals surface area (Å²) in [6, 6.07) is 28.0. The number of carbonyl (C=O) groups excluding carboxylic acids is 1. The summed E-state index contributed by atoms with van der Waals surface area (Å²) < 4.78 is 28.6. The van der Waals surface area contributed by atoms with Crippen LogP contribution in [0.4, 0.5) is 17.1 Å². The van der Waals surface area contributed by atoms with Gasteiger partial charge in [0, 0.05) is 71.8 Å². The van der Waals surface area contributed by atoms with E-state index in [2.05, 4.69) is 25.9 Å². The first-order valence-electron chi connectivity index (χ1n) is 16.2. The summed E-state index contributed by atoms with van der Waals surface area (Å²) >= 11 is 7.76. The van der Waals surface area contributed by atoms with Crippen LogP contribution in [0.3, 0.4) is 0 Å². The molecule has 4 aromatic carbocycles. The molecule has 0 radical (unpaired) electrons. The largest absolute Gasteiger partial charge is 0.376 e. The number of carbonyl (C=O) groups is 1. The van der Waals surface area contributed by atoms with Crippen molar-refractivity contribution in [3.05, 3.63) is 123 Å². The fourth-order valence-electron chi connectivity index (χ4n) is 5.62. The molecule has 1 amide bonds. The maximum atomic E-state index is 13.3. The van der Waals surface area contributed by atoms with E-state index in [-0.39, 0.29) is 22.2 Å². The second-order valence-corrected chi connectivity index (χ2v) is 15.6. The van der Waals surface area contributed by atoms with Gasteiger partial charge in [-0.2, -0.15) is 0 Å². The van der Waals surface area contributed by atoms with Crippen molar-refractivity contribution in [1.82, 2.24) is 14.5 Å². The van der Waals surface area contributed by atoms with Gasteiger partial charge in [-0.1, -0.05) is 41.9 Å². The van der Waals surface area contributed by atoms with Gasteiger partial charge in [-0.3, -0.25) is 19.8 Å². The minimum absolute atomic E-state index is 0.135. The molecule has 264 valence electrons. The number of piperazine rings is 1. The van der Waals surface area contributed by atoms with E-state index in [0.29, 0.717) is 12.2 Å². The summed E-state index contributed by atoms with van der Waals surface area (Å²) in [5.41, 5.74) is 2.06. The smallest absolute Gasteiger partial charge is 0.293 e. The average molecular weight is 737 g/mol. The lowest BCUT2D eigenvalue weighted by Gasteiger charge is -2.36. The van der Waals surface area contributed by atoms with Crippen molar-refractivity contribution in [3.63, 3.8) is 0 Å². The zero-order valence-electron chi connectivity index (χ0n) is 28.0. The van der Waals surface area contributed by atoms with Crippen LogP contribution < -0.4 is 14.9 Å². The predicted molar refractivity (Wildman–Crippen MR) is 201 cm³/mol. The first-order chi connectivity index (χ1) is 24.0. The van der Waals surface area contributed by atoms with Crippen molar-refractivity contribution in [1.29, 1.82) is 0 Å². The third-order valence-electron chi connectivity index (χ3n) is 8.34. The minimum atomic E-state index is -4.41. The number of nitro groups is 1. The molecule has 0 aliphatic carbocycles. The normalized spacial score (nSPS) is 14.4. The molecule has 1 unspecified atom stereocenters. The zero-order chi connectivity index (χ0) is 35.7. The van der Waals surface area contributed by atoms with Gasteiger partial charge in [0.05, 0.1) is 9.82 Å². The molecule has 0 spiro atoms. The number of amides is 1. The van der Waals surface area contributed by atoms with Crippen LogP contribution in [-0.2, 0) is 16.6 Å². The summed E-state index contributed by atoms with van der Waals surface area (Å²) in [5, 5.41) is 16.1. The molecule has 50 heavy (non-hydrogen) atoms. The molecule has 1 atom stereocenters. The Kier molecular flexibility index (Phi) is 12.8. The highest BCUT2D eigenvalue weighted by Gasteiger charge is 2.25. The molecule has 1 fully saturated rings. The number of halogens is 1. The van der Waals surface area contributed by atoms with E-state index >= 15 is 0 Å². The summed E-state index contributed by atoms with van der Waals surface area (Å²) in [4.78, 5) is 31.8. The molecule has 1 aliphatic heterocycles. The number of anilines is 2. The highest BCUT2D eigenvalue weighted by Crippen LogP contribution is 2.30.